The van der Waals surface area contributed by atoms with Crippen molar-refractivity contribution in [2.45, 2.75) is 0 Å². The number of hydrogen-bond donors (Lipinski definition) is 1. The summed E-state index contributed by atoms with van der Waals surface area (Å²) in [4.78, 5) is 19.9. The van der Waals surface area contributed by atoms with E-state index < -0.39 is 11.6 Å². The summed E-state index contributed by atoms with van der Waals surface area (Å²) in [6, 6.07) is 8.24. The van der Waals surface area contributed by atoms with Gasteiger partial charge >= 0.3 is 11.6 Å². The molecule has 5 heteroatoms. The number of carboxylic acids is 1. The summed E-state index contributed by atoms with van der Waals surface area (Å²) in [5, 5.41) is 9.35. The summed E-state index contributed by atoms with van der Waals surface area (Å²) < 4.78 is 4.93. The molecule has 1 heterocycles. The van der Waals surface area contributed by atoms with Gasteiger partial charge in [-0.05, 0) is 12.1 Å². The van der Waals surface area contributed by atoms with Gasteiger partial charge in [0.1, 0.15) is 0 Å². The number of rotatable bonds is 1. The van der Waals surface area contributed by atoms with Gasteiger partial charge in [0.2, 0.25) is 5.56 Å². The van der Waals surface area contributed by atoms with E-state index in [1.165, 1.54) is 6.07 Å². The Morgan fingerprint density at radius 3 is 2.67 bits per heavy atom. The second-order valence-corrected chi connectivity index (χ2v) is 2.81. The third-order valence-corrected chi connectivity index (χ3v) is 1.89. The van der Waals surface area contributed by atoms with Gasteiger partial charge in [0.05, 0.1) is 0 Å². The molecule has 72 valence electrons. The zero-order valence-electron chi connectivity index (χ0n) is 7.80. The van der Waals surface area contributed by atoms with Crippen LogP contribution in [0.3, 0.4) is 0 Å². The first-order chi connectivity index (χ1) is 6.68. The van der Waals surface area contributed by atoms with E-state index in [0.717, 1.165) is 0 Å². The van der Waals surface area contributed by atoms with E-state index in [9.17, 15) is 9.59 Å². The molecule has 0 saturated heterocycles. The van der Waals surface area contributed by atoms with Crippen LogP contribution in [0.1, 0.15) is 10.4 Å². The molecule has 2 N–H and O–H groups in total. The van der Waals surface area contributed by atoms with E-state index in [-0.39, 0.29) is 25.0 Å². The van der Waals surface area contributed by atoms with E-state index in [1.807, 2.05) is 0 Å². The quantitative estimate of drug-likeness (QED) is 0.472. The van der Waals surface area contributed by atoms with Gasteiger partial charge in [0, 0.05) is 30.9 Å². The van der Waals surface area contributed by atoms with Gasteiger partial charge in [-0.1, -0.05) is 12.1 Å². The fraction of sp³-hybridized carbons (Fsp3) is 0. The zero-order valence-corrected chi connectivity index (χ0v) is 10.8. The summed E-state index contributed by atoms with van der Waals surface area (Å²) >= 11 is 0. The topological polar surface area (TPSA) is 71.8 Å². The molecule has 1 aromatic heterocycles. The molecule has 15 heavy (non-hydrogen) atoms. The Bertz CT molecular complexity index is 559. The number of fused-ring (bicyclic) bond motifs is 1. The molecule has 1 aromatic carbocycles. The predicted octanol–water partition coefficient (Wildman–Crippen LogP) is 1.13. The molecular formula is C10H7O4Zn+. The monoisotopic (exact) mass is 255 g/mol. The Hall–Kier alpha value is -1.48. The van der Waals surface area contributed by atoms with Crippen LogP contribution in [0.5, 0.6) is 0 Å². The minimum Gasteiger partial charge on any atom is -0.477 e. The van der Waals surface area contributed by atoms with Crippen molar-refractivity contribution in [3.8, 4) is 0 Å². The number of para-hydroxylation sites is 1. The molecule has 2 rings (SSSR count). The standard InChI is InChI=1S/C10H6O4.Zn/c11-9(12)7-5-6-3-1-2-4-8(6)14-10(7)13;/h1-5H,(H,11,12);/p+1. The van der Waals surface area contributed by atoms with Crippen molar-refractivity contribution in [3.63, 3.8) is 0 Å². The Kier molecular flexibility index (Phi) is 3.37. The molecule has 0 spiro atoms. The van der Waals surface area contributed by atoms with Crippen molar-refractivity contribution in [2.75, 3.05) is 0 Å². The summed E-state index contributed by atoms with van der Waals surface area (Å²) in [7, 11) is 0. The van der Waals surface area contributed by atoms with E-state index in [1.54, 1.807) is 24.3 Å². The Morgan fingerprint density at radius 1 is 1.33 bits per heavy atom. The Balaban J connectivity index is 0.00000112. The molecule has 0 fully saturated rings. The molecule has 0 atom stereocenters. The molecule has 0 amide bonds. The molecule has 0 aliphatic heterocycles. The van der Waals surface area contributed by atoms with Crippen molar-refractivity contribution in [1.82, 2.24) is 0 Å². The fourth-order valence-electron chi connectivity index (χ4n) is 1.22. The van der Waals surface area contributed by atoms with E-state index in [4.69, 9.17) is 9.52 Å². The predicted molar refractivity (Wildman–Crippen MR) is 48.2 cm³/mol. The summed E-state index contributed by atoms with van der Waals surface area (Å²) in [6.45, 7) is 0. The first kappa shape index (κ1) is 11.6. The summed E-state index contributed by atoms with van der Waals surface area (Å²) in [5.74, 6) is -1.21. The molecule has 0 saturated carbocycles. The Morgan fingerprint density at radius 2 is 2.00 bits per heavy atom. The van der Waals surface area contributed by atoms with Gasteiger partial charge < -0.3 is 9.90 Å². The molecular weight excluding hydrogens is 249 g/mol. The SMILES string of the molecule is O=C(O)c1cc2ccccc2oc1=[OH+].[Zn]. The van der Waals surface area contributed by atoms with Crippen molar-refractivity contribution in [2.24, 2.45) is 0 Å². The number of benzene rings is 1. The van der Waals surface area contributed by atoms with Gasteiger partial charge in [-0.2, -0.15) is 0 Å². The number of aromatic carboxylic acids is 1. The third kappa shape index (κ3) is 2.13. The van der Waals surface area contributed by atoms with Crippen molar-refractivity contribution in [1.29, 1.82) is 0 Å². The largest absolute Gasteiger partial charge is 0.531 e. The second kappa shape index (κ2) is 4.36. The first-order valence-corrected chi connectivity index (χ1v) is 3.96. The van der Waals surface area contributed by atoms with Crippen LogP contribution in [0, 0.1) is 0 Å². The van der Waals surface area contributed by atoms with Crippen LogP contribution in [0.25, 0.3) is 11.0 Å². The smallest absolute Gasteiger partial charge is 0.477 e. The van der Waals surface area contributed by atoms with Crippen LogP contribution in [-0.2, 0) is 19.5 Å². The van der Waals surface area contributed by atoms with Gasteiger partial charge in [0.25, 0.3) is 5.58 Å². The fourth-order valence-corrected chi connectivity index (χ4v) is 1.22. The van der Waals surface area contributed by atoms with Crippen molar-refractivity contribution < 1.29 is 38.6 Å². The summed E-state index contributed by atoms with van der Waals surface area (Å²) in [6.07, 6.45) is 0. The average molecular weight is 257 g/mol. The molecule has 0 unspecified atom stereocenters. The average Bonchev–Trinajstić information content (AvgIpc) is 2.16. The maximum absolute atomic E-state index is 10.6. The molecule has 0 bridgehead atoms. The van der Waals surface area contributed by atoms with Crippen LogP contribution >= 0.6 is 0 Å². The minimum atomic E-state index is -1.21. The van der Waals surface area contributed by atoms with Gasteiger partial charge in [-0.25, -0.2) is 4.79 Å². The molecule has 0 radical (unpaired) electrons. The molecule has 4 nitrogen and oxygen atoms in total. The van der Waals surface area contributed by atoms with Crippen LogP contribution < -0.4 is 5.63 Å². The van der Waals surface area contributed by atoms with Crippen LogP contribution in [0.2, 0.25) is 0 Å². The van der Waals surface area contributed by atoms with Crippen LogP contribution in [0.4, 0.5) is 0 Å². The van der Waals surface area contributed by atoms with Crippen LogP contribution in [-0.4, -0.2) is 15.9 Å². The molecule has 2 aromatic rings. The van der Waals surface area contributed by atoms with Crippen molar-refractivity contribution in [3.05, 3.63) is 41.5 Å². The first-order valence-electron chi connectivity index (χ1n) is 3.96. The molecule has 0 aliphatic carbocycles. The second-order valence-electron chi connectivity index (χ2n) is 2.81. The van der Waals surface area contributed by atoms with E-state index in [0.29, 0.717) is 11.0 Å². The number of hydrogen-bond acceptors (Lipinski definition) is 2. The van der Waals surface area contributed by atoms with Gasteiger partial charge in [-0.3, -0.25) is 4.42 Å². The maximum Gasteiger partial charge on any atom is 0.531 e. The number of carboxylic acid groups (broad SMARTS) is 1. The van der Waals surface area contributed by atoms with E-state index in [2.05, 4.69) is 0 Å². The minimum absolute atomic E-state index is 0. The summed E-state index contributed by atoms with van der Waals surface area (Å²) in [5.41, 5.74) is -0.352. The normalized spacial score (nSPS) is 9.60. The number of carbonyl (C=O) groups is 1. The van der Waals surface area contributed by atoms with Crippen LogP contribution in [0.15, 0.2) is 34.7 Å². The van der Waals surface area contributed by atoms with E-state index >= 15 is 0 Å². The van der Waals surface area contributed by atoms with Crippen molar-refractivity contribution >= 4 is 16.9 Å². The molecule has 0 aliphatic rings. The zero-order chi connectivity index (χ0) is 10.1. The Labute approximate surface area is 97.3 Å². The van der Waals surface area contributed by atoms with Gasteiger partial charge in [0.15, 0.2) is 0 Å². The third-order valence-electron chi connectivity index (χ3n) is 1.89. The van der Waals surface area contributed by atoms with Gasteiger partial charge in [-0.15, -0.1) is 0 Å². The maximum atomic E-state index is 10.6.